The van der Waals surface area contributed by atoms with E-state index >= 15 is 0 Å². The number of carbonyl (C=O) groups is 2. The molecule has 0 saturated carbocycles. The van der Waals surface area contributed by atoms with Crippen molar-refractivity contribution in [2.75, 3.05) is 6.67 Å². The summed E-state index contributed by atoms with van der Waals surface area (Å²) in [6, 6.07) is -1.32. The summed E-state index contributed by atoms with van der Waals surface area (Å²) in [5.41, 5.74) is 5.00. The van der Waals surface area contributed by atoms with Crippen LogP contribution in [0, 0.1) is 5.92 Å². The minimum Gasteiger partial charge on any atom is -0.481 e. The second-order valence-corrected chi connectivity index (χ2v) is 2.37. The molecular weight excluding hydrogens is 168 g/mol. The third kappa shape index (κ3) is 3.29. The summed E-state index contributed by atoms with van der Waals surface area (Å²) in [7, 11) is 0. The Balaban J connectivity index is 4.02. The fourth-order valence-corrected chi connectivity index (χ4v) is 0.637. The normalized spacial score (nSPS) is 15.2. The number of hydrogen-bond acceptors (Lipinski definition) is 3. The number of halogens is 1. The lowest BCUT2D eigenvalue weighted by atomic mass is 10.0. The van der Waals surface area contributed by atoms with Gasteiger partial charge in [0.05, 0.1) is 5.92 Å². The van der Waals surface area contributed by atoms with E-state index in [1.807, 2.05) is 0 Å². The predicted octanol–water partition coefficient (Wildman–Crippen LogP) is -0.541. The van der Waals surface area contributed by atoms with Crippen molar-refractivity contribution in [2.45, 2.75) is 12.5 Å². The molecule has 6 heteroatoms. The fraction of sp³-hybridized carbons (Fsp3) is 0.667. The van der Waals surface area contributed by atoms with Crippen LogP contribution in [0.25, 0.3) is 0 Å². The van der Waals surface area contributed by atoms with Gasteiger partial charge in [-0.05, 0) is 6.42 Å². The van der Waals surface area contributed by atoms with Crippen molar-refractivity contribution in [1.82, 2.24) is 0 Å². The van der Waals surface area contributed by atoms with Crippen molar-refractivity contribution >= 4 is 11.9 Å². The van der Waals surface area contributed by atoms with E-state index in [0.717, 1.165) is 0 Å². The molecule has 0 radical (unpaired) electrons. The molecule has 0 amide bonds. The largest absolute Gasteiger partial charge is 0.481 e. The predicted molar refractivity (Wildman–Crippen MR) is 37.3 cm³/mol. The summed E-state index contributed by atoms with van der Waals surface area (Å²) in [4.78, 5) is 20.3. The van der Waals surface area contributed by atoms with Gasteiger partial charge < -0.3 is 15.9 Å². The Bertz CT molecular complexity index is 184. The van der Waals surface area contributed by atoms with Crippen LogP contribution in [0.15, 0.2) is 0 Å². The van der Waals surface area contributed by atoms with E-state index in [1.54, 1.807) is 0 Å². The zero-order valence-electron chi connectivity index (χ0n) is 6.24. The highest BCUT2D eigenvalue weighted by atomic mass is 18.2. The highest BCUT2D eigenvalue weighted by Gasteiger charge is 2.23. The Morgan fingerprint density at radius 3 is 2.08 bits per heavy atom. The number of carboxylic acids is 2. The van der Waals surface area contributed by atoms with Gasteiger partial charge in [0.15, 0.2) is 0 Å². The molecule has 0 aliphatic rings. The quantitative estimate of drug-likeness (QED) is 0.524. The maximum Gasteiger partial charge on any atom is 0.320 e. The molecule has 0 bridgehead atoms. The monoisotopic (exact) mass is 178 g/mol. The number of alkyl halides is 1. The number of rotatable bonds is 5. The molecule has 0 rings (SSSR count). The Morgan fingerprint density at radius 2 is 1.83 bits per heavy atom. The average molecular weight is 178 g/mol. The molecule has 0 aliphatic heterocycles. The zero-order valence-corrected chi connectivity index (χ0v) is 6.24. The standard InChI is InChI=1S/C6H10FNO4/c7-2-3(5(9)10)1-4(8)6(11)12/h3-4H,1-2,8H2,(H,9,10)(H,11,12)/t3-,4?/m1/s1/i7-1. The molecule has 70 valence electrons. The summed E-state index contributed by atoms with van der Waals surface area (Å²) in [6.07, 6.45) is -0.388. The Morgan fingerprint density at radius 1 is 1.33 bits per heavy atom. The van der Waals surface area contributed by atoms with Crippen LogP contribution in [0.2, 0.25) is 0 Å². The number of nitrogens with two attached hydrogens (primary N) is 1. The lowest BCUT2D eigenvalue weighted by Gasteiger charge is -2.10. The van der Waals surface area contributed by atoms with Gasteiger partial charge in [0, 0.05) is 0 Å². The van der Waals surface area contributed by atoms with Crippen molar-refractivity contribution < 1.29 is 24.2 Å². The smallest absolute Gasteiger partial charge is 0.320 e. The van der Waals surface area contributed by atoms with E-state index < -0.39 is 30.6 Å². The summed E-state index contributed by atoms with van der Waals surface area (Å²) in [5.74, 6) is -4.01. The van der Waals surface area contributed by atoms with E-state index in [0.29, 0.717) is 0 Å². The molecular formula is C6H10FNO4. The topological polar surface area (TPSA) is 101 Å². The van der Waals surface area contributed by atoms with Gasteiger partial charge in [-0.3, -0.25) is 14.0 Å². The molecule has 0 heterocycles. The first kappa shape index (κ1) is 10.8. The highest BCUT2D eigenvalue weighted by Crippen LogP contribution is 2.06. The number of aliphatic carboxylic acids is 2. The zero-order chi connectivity index (χ0) is 9.72. The lowest BCUT2D eigenvalue weighted by Crippen LogP contribution is -2.35. The van der Waals surface area contributed by atoms with E-state index in [4.69, 9.17) is 15.9 Å². The molecule has 0 spiro atoms. The molecule has 0 fully saturated rings. The molecule has 0 aromatic carbocycles. The van der Waals surface area contributed by atoms with E-state index in [2.05, 4.69) is 0 Å². The highest BCUT2D eigenvalue weighted by molar-refractivity contribution is 5.75. The van der Waals surface area contributed by atoms with Gasteiger partial charge in [-0.1, -0.05) is 0 Å². The minimum atomic E-state index is -1.37. The molecule has 0 saturated heterocycles. The van der Waals surface area contributed by atoms with Crippen LogP contribution >= 0.6 is 0 Å². The van der Waals surface area contributed by atoms with Gasteiger partial charge in [-0.2, -0.15) is 0 Å². The summed E-state index contributed by atoms with van der Waals surface area (Å²) in [5, 5.41) is 16.6. The third-order valence-corrected chi connectivity index (χ3v) is 1.39. The van der Waals surface area contributed by atoms with E-state index in [9.17, 15) is 14.0 Å². The lowest BCUT2D eigenvalue weighted by molar-refractivity contribution is -0.144. The minimum absolute atomic E-state index is 0.388. The van der Waals surface area contributed by atoms with Crippen LogP contribution in [0.1, 0.15) is 6.42 Å². The van der Waals surface area contributed by atoms with Gasteiger partial charge in [-0.25, -0.2) is 0 Å². The molecule has 5 nitrogen and oxygen atoms in total. The molecule has 1 unspecified atom stereocenters. The summed E-state index contributed by atoms with van der Waals surface area (Å²) >= 11 is 0. The second kappa shape index (κ2) is 4.66. The van der Waals surface area contributed by atoms with Crippen molar-refractivity contribution in [3.63, 3.8) is 0 Å². The molecule has 12 heavy (non-hydrogen) atoms. The van der Waals surface area contributed by atoms with Crippen LogP contribution in [0.5, 0.6) is 0 Å². The van der Waals surface area contributed by atoms with Gasteiger partial charge >= 0.3 is 11.9 Å². The second-order valence-electron chi connectivity index (χ2n) is 2.37. The third-order valence-electron chi connectivity index (χ3n) is 1.39. The van der Waals surface area contributed by atoms with Gasteiger partial charge in [-0.15, -0.1) is 0 Å². The van der Waals surface area contributed by atoms with Crippen LogP contribution in [0.4, 0.5) is 4.39 Å². The van der Waals surface area contributed by atoms with Crippen LogP contribution in [0.3, 0.4) is 0 Å². The van der Waals surface area contributed by atoms with Gasteiger partial charge in [0.1, 0.15) is 12.7 Å². The van der Waals surface area contributed by atoms with Crippen LogP contribution in [-0.4, -0.2) is 34.9 Å². The van der Waals surface area contributed by atoms with Crippen LogP contribution < -0.4 is 5.73 Å². The maximum absolute atomic E-state index is 11.9. The fourth-order valence-electron chi connectivity index (χ4n) is 0.637. The van der Waals surface area contributed by atoms with Crippen molar-refractivity contribution in [3.05, 3.63) is 0 Å². The molecule has 0 aliphatic carbocycles. The van der Waals surface area contributed by atoms with E-state index in [-0.39, 0.29) is 6.42 Å². The first-order chi connectivity index (χ1) is 5.49. The molecule has 0 aromatic rings. The Labute approximate surface area is 68.0 Å². The first-order valence-corrected chi connectivity index (χ1v) is 3.26. The van der Waals surface area contributed by atoms with Crippen molar-refractivity contribution in [3.8, 4) is 0 Å². The maximum atomic E-state index is 11.9. The summed E-state index contributed by atoms with van der Waals surface area (Å²) in [6.45, 7) is -1.10. The van der Waals surface area contributed by atoms with E-state index in [1.165, 1.54) is 0 Å². The Hall–Kier alpha value is -1.17. The average Bonchev–Trinajstić information content (AvgIpc) is 1.98. The number of carboxylic acid groups (broad SMARTS) is 2. The number of hydrogen-bond donors (Lipinski definition) is 3. The van der Waals surface area contributed by atoms with Gasteiger partial charge in [0.2, 0.25) is 0 Å². The van der Waals surface area contributed by atoms with Gasteiger partial charge in [0.25, 0.3) is 0 Å². The summed E-state index contributed by atoms with van der Waals surface area (Å²) < 4.78 is 11.9. The first-order valence-electron chi connectivity index (χ1n) is 3.26. The van der Waals surface area contributed by atoms with Crippen molar-refractivity contribution in [2.24, 2.45) is 11.7 Å². The van der Waals surface area contributed by atoms with Crippen LogP contribution in [-0.2, 0) is 9.59 Å². The molecule has 4 N–H and O–H groups in total. The van der Waals surface area contributed by atoms with Crippen molar-refractivity contribution in [1.29, 1.82) is 0 Å². The SMILES string of the molecule is NC(C[C@H](C[18F])C(=O)O)C(=O)O. The molecule has 0 aromatic heterocycles. The Kier molecular flexibility index (Phi) is 4.20. The molecule has 2 atom stereocenters.